The number of carboxylic acids is 2. The van der Waals surface area contributed by atoms with E-state index in [1.807, 2.05) is 0 Å². The van der Waals surface area contributed by atoms with Crippen molar-refractivity contribution in [3.05, 3.63) is 71.3 Å². The molecule has 214 valence electrons. The molecular weight excluding hydrogens is 536 g/mol. The molecule has 11 nitrogen and oxygen atoms in total. The van der Waals surface area contributed by atoms with E-state index in [9.17, 15) is 24.9 Å². The molecule has 1 aliphatic rings. The Morgan fingerprint density at radius 1 is 0.780 bits per heavy atom. The van der Waals surface area contributed by atoms with Crippen LogP contribution < -0.4 is 23.7 Å². The normalized spacial score (nSPS) is 16.1. The van der Waals surface area contributed by atoms with Crippen LogP contribution in [0.2, 0.25) is 0 Å². The van der Waals surface area contributed by atoms with Crippen LogP contribution in [-0.2, 0) is 9.59 Å². The summed E-state index contributed by atoms with van der Waals surface area (Å²) in [5, 5.41) is 38.9. The fourth-order valence-corrected chi connectivity index (χ4v) is 4.42. The molecule has 4 rings (SSSR count). The standard InChI is InChI=1S/C30H28O11/c1-37-22-14-18(6-7-21(22)32)28-25(15-31)40-29-19(10-16(4-8-26(33)34)12-23(29)38-2)20-11-17(5-9-27(35)36)13-24(39-3)30(20)41-28/h4-14,25,28,31-32H,15H2,1-3H3,(H,33,34)(H,35,36)/b8-4+,9-5+/t25-,28-/m0/s1. The molecule has 0 aliphatic carbocycles. The average molecular weight is 565 g/mol. The minimum Gasteiger partial charge on any atom is -0.504 e. The van der Waals surface area contributed by atoms with Gasteiger partial charge in [-0.3, -0.25) is 0 Å². The number of hydrogen-bond donors (Lipinski definition) is 4. The number of fused-ring (bicyclic) bond motifs is 3. The second-order valence-corrected chi connectivity index (χ2v) is 8.85. The molecule has 0 unspecified atom stereocenters. The molecule has 2 atom stereocenters. The zero-order valence-electron chi connectivity index (χ0n) is 22.4. The minimum absolute atomic E-state index is 0.0923. The summed E-state index contributed by atoms with van der Waals surface area (Å²) in [6.07, 6.45) is 2.76. The molecule has 0 aromatic heterocycles. The van der Waals surface area contributed by atoms with Crippen LogP contribution in [0.25, 0.3) is 23.3 Å². The Hall–Kier alpha value is -5.16. The lowest BCUT2D eigenvalue weighted by atomic mass is 9.95. The van der Waals surface area contributed by atoms with E-state index in [-0.39, 0.29) is 34.5 Å². The maximum atomic E-state index is 11.2. The van der Waals surface area contributed by atoms with Gasteiger partial charge in [-0.25, -0.2) is 9.59 Å². The molecule has 1 aliphatic heterocycles. The van der Waals surface area contributed by atoms with Crippen molar-refractivity contribution in [2.24, 2.45) is 0 Å². The highest BCUT2D eigenvalue weighted by atomic mass is 16.6. The summed E-state index contributed by atoms with van der Waals surface area (Å²) >= 11 is 0. The molecule has 0 saturated carbocycles. The third-order valence-electron chi connectivity index (χ3n) is 6.29. The highest BCUT2D eigenvalue weighted by molar-refractivity contribution is 5.90. The molecule has 3 aromatic carbocycles. The molecule has 4 N–H and O–H groups in total. The van der Waals surface area contributed by atoms with Crippen LogP contribution >= 0.6 is 0 Å². The number of aromatic hydroxyl groups is 1. The van der Waals surface area contributed by atoms with E-state index in [1.165, 1.54) is 39.5 Å². The smallest absolute Gasteiger partial charge is 0.328 e. The van der Waals surface area contributed by atoms with E-state index in [1.54, 1.807) is 36.4 Å². The van der Waals surface area contributed by atoms with Gasteiger partial charge in [-0.15, -0.1) is 0 Å². The average Bonchev–Trinajstić information content (AvgIpc) is 2.96. The van der Waals surface area contributed by atoms with Crippen molar-refractivity contribution in [1.82, 2.24) is 0 Å². The molecule has 0 saturated heterocycles. The number of hydrogen-bond acceptors (Lipinski definition) is 9. The van der Waals surface area contributed by atoms with Gasteiger partial charge in [0.1, 0.15) is 0 Å². The van der Waals surface area contributed by atoms with Crippen LogP contribution in [0.15, 0.2) is 54.6 Å². The predicted octanol–water partition coefficient (Wildman–Crippen LogP) is 4.15. The number of benzene rings is 3. The molecule has 0 radical (unpaired) electrons. The number of phenolic OH excluding ortho intramolecular Hbond substituents is 1. The Morgan fingerprint density at radius 2 is 1.29 bits per heavy atom. The van der Waals surface area contributed by atoms with Gasteiger partial charge in [-0.1, -0.05) is 6.07 Å². The van der Waals surface area contributed by atoms with Gasteiger partial charge in [0, 0.05) is 28.8 Å². The topological polar surface area (TPSA) is 161 Å². The lowest BCUT2D eigenvalue weighted by molar-refractivity contribution is -0.132. The Kier molecular flexibility index (Phi) is 8.69. The number of phenols is 1. The molecule has 0 spiro atoms. The predicted molar refractivity (Wildman–Crippen MR) is 148 cm³/mol. The Bertz CT molecular complexity index is 1520. The lowest BCUT2D eigenvalue weighted by Crippen LogP contribution is -2.34. The fourth-order valence-electron chi connectivity index (χ4n) is 4.42. The second kappa shape index (κ2) is 12.3. The molecule has 0 amide bonds. The first-order valence-electron chi connectivity index (χ1n) is 12.3. The summed E-state index contributed by atoms with van der Waals surface area (Å²) in [6, 6.07) is 11.1. The van der Waals surface area contributed by atoms with Crippen molar-refractivity contribution < 1.29 is 53.7 Å². The number of rotatable bonds is 9. The van der Waals surface area contributed by atoms with Crippen molar-refractivity contribution >= 4 is 24.1 Å². The highest BCUT2D eigenvalue weighted by Crippen LogP contribution is 2.51. The Morgan fingerprint density at radius 3 is 1.76 bits per heavy atom. The van der Waals surface area contributed by atoms with Crippen molar-refractivity contribution in [2.75, 3.05) is 27.9 Å². The molecule has 0 bridgehead atoms. The van der Waals surface area contributed by atoms with Gasteiger partial charge in [0.25, 0.3) is 0 Å². The summed E-state index contributed by atoms with van der Waals surface area (Å²) in [5.41, 5.74) is 2.26. The van der Waals surface area contributed by atoms with Gasteiger partial charge >= 0.3 is 11.9 Å². The lowest BCUT2D eigenvalue weighted by Gasteiger charge is -2.33. The first kappa shape index (κ1) is 28.8. The van der Waals surface area contributed by atoms with E-state index >= 15 is 0 Å². The van der Waals surface area contributed by atoms with Gasteiger partial charge in [0.05, 0.1) is 27.9 Å². The minimum atomic E-state index is -1.15. The molecule has 0 fully saturated rings. The molecule has 41 heavy (non-hydrogen) atoms. The largest absolute Gasteiger partial charge is 0.504 e. The van der Waals surface area contributed by atoms with Crippen LogP contribution in [0.5, 0.6) is 34.5 Å². The van der Waals surface area contributed by atoms with Crippen molar-refractivity contribution in [2.45, 2.75) is 12.2 Å². The maximum absolute atomic E-state index is 11.2. The van der Waals surface area contributed by atoms with E-state index in [0.717, 1.165) is 12.2 Å². The van der Waals surface area contributed by atoms with E-state index in [2.05, 4.69) is 0 Å². The SMILES string of the molecule is COc1cc([C@@H]2Oc3c(OC)cc(/C=C/C(=O)O)cc3-c3cc(/C=C/C(=O)O)cc(OC)c3O[C@H]2CO)ccc1O. The van der Waals surface area contributed by atoms with Crippen LogP contribution in [0.3, 0.4) is 0 Å². The third-order valence-corrected chi connectivity index (χ3v) is 6.29. The zero-order chi connectivity index (χ0) is 29.7. The quantitative estimate of drug-likeness (QED) is 0.276. The zero-order valence-corrected chi connectivity index (χ0v) is 22.4. The molecule has 3 aromatic rings. The van der Waals surface area contributed by atoms with Gasteiger partial charge in [0.2, 0.25) is 0 Å². The summed E-state index contributed by atoms with van der Waals surface area (Å²) in [6.45, 7) is -0.492. The number of aliphatic carboxylic acids is 2. The van der Waals surface area contributed by atoms with Crippen molar-refractivity contribution in [1.29, 1.82) is 0 Å². The first-order chi connectivity index (χ1) is 19.7. The maximum Gasteiger partial charge on any atom is 0.328 e. The molecular formula is C30H28O11. The molecule has 1 heterocycles. The van der Waals surface area contributed by atoms with E-state index < -0.39 is 30.8 Å². The fraction of sp³-hybridized carbons (Fsp3) is 0.200. The van der Waals surface area contributed by atoms with Gasteiger partial charge in [0.15, 0.2) is 46.7 Å². The monoisotopic (exact) mass is 564 g/mol. The summed E-state index contributed by atoms with van der Waals surface area (Å²) in [4.78, 5) is 22.4. The van der Waals surface area contributed by atoms with Gasteiger partial charge in [-0.05, 0) is 59.7 Å². The number of carboxylic acid groups (broad SMARTS) is 2. The van der Waals surface area contributed by atoms with Crippen molar-refractivity contribution in [3.8, 4) is 45.6 Å². The molecule has 11 heteroatoms. The number of methoxy groups -OCH3 is 3. The number of ether oxygens (including phenoxy) is 5. The van der Waals surface area contributed by atoms with Crippen LogP contribution in [0, 0.1) is 0 Å². The first-order valence-corrected chi connectivity index (χ1v) is 12.3. The van der Waals surface area contributed by atoms with E-state index in [0.29, 0.717) is 27.8 Å². The third kappa shape index (κ3) is 6.20. The van der Waals surface area contributed by atoms with Crippen LogP contribution in [0.4, 0.5) is 0 Å². The second-order valence-electron chi connectivity index (χ2n) is 8.85. The number of aliphatic hydroxyl groups excluding tert-OH is 1. The summed E-state index contributed by atoms with van der Waals surface area (Å²) < 4.78 is 29.4. The van der Waals surface area contributed by atoms with Crippen LogP contribution in [0.1, 0.15) is 22.8 Å². The van der Waals surface area contributed by atoms with Crippen LogP contribution in [-0.4, -0.2) is 66.4 Å². The number of carbonyl (C=O) groups is 2. The number of aliphatic hydroxyl groups is 1. The van der Waals surface area contributed by atoms with Gasteiger partial charge in [-0.2, -0.15) is 0 Å². The Balaban J connectivity index is 2.04. The Labute approximate surface area is 235 Å². The van der Waals surface area contributed by atoms with Gasteiger partial charge < -0.3 is 44.1 Å². The summed E-state index contributed by atoms with van der Waals surface area (Å²) in [5.74, 6) is -1.26. The van der Waals surface area contributed by atoms with E-state index in [4.69, 9.17) is 28.8 Å². The van der Waals surface area contributed by atoms with Crippen molar-refractivity contribution in [3.63, 3.8) is 0 Å². The summed E-state index contributed by atoms with van der Waals surface area (Å²) in [7, 11) is 4.25. The highest BCUT2D eigenvalue weighted by Gasteiger charge is 2.35.